The van der Waals surface area contributed by atoms with Crippen LogP contribution >= 0.6 is 0 Å². The van der Waals surface area contributed by atoms with E-state index in [0.717, 1.165) is 51.4 Å². The maximum absolute atomic E-state index is 12.4. The first kappa shape index (κ1) is 21.4. The molecule has 2 saturated carbocycles. The highest BCUT2D eigenvalue weighted by atomic mass is 32.2. The molecule has 3 amide bonds. The van der Waals surface area contributed by atoms with Crippen molar-refractivity contribution in [1.29, 1.82) is 0 Å². The van der Waals surface area contributed by atoms with E-state index in [1.54, 1.807) is 0 Å². The third-order valence-electron chi connectivity index (χ3n) is 6.50. The molecule has 3 rings (SSSR count). The first-order valence-electron chi connectivity index (χ1n) is 11.0. The lowest BCUT2D eigenvalue weighted by molar-refractivity contribution is -0.121. The maximum Gasteiger partial charge on any atom is 0.317 e. The summed E-state index contributed by atoms with van der Waals surface area (Å²) < 4.78 is 24.6. The van der Waals surface area contributed by atoms with Crippen LogP contribution in [0.15, 0.2) is 0 Å². The van der Waals surface area contributed by atoms with E-state index in [-0.39, 0.29) is 35.4 Å². The zero-order valence-electron chi connectivity index (χ0n) is 16.8. The standard InChI is InChI=1S/C20H35N3O4S/c24-19(12-15-28(26,27)18-8-4-5-9-18)21-17-10-13-23(14-11-17)20(25)22-16-6-2-1-3-7-16/h16-18H,1-15H2,(H,21,24)(H,22,25). The lowest BCUT2D eigenvalue weighted by Crippen LogP contribution is -2.51. The molecule has 2 aliphatic carbocycles. The van der Waals surface area contributed by atoms with E-state index in [9.17, 15) is 18.0 Å². The number of sulfone groups is 1. The quantitative estimate of drug-likeness (QED) is 0.699. The van der Waals surface area contributed by atoms with E-state index in [4.69, 9.17) is 0 Å². The lowest BCUT2D eigenvalue weighted by Gasteiger charge is -2.34. The minimum atomic E-state index is -3.15. The highest BCUT2D eigenvalue weighted by Crippen LogP contribution is 2.25. The van der Waals surface area contributed by atoms with Crippen molar-refractivity contribution < 1.29 is 18.0 Å². The number of carbonyl (C=O) groups is 2. The molecule has 0 radical (unpaired) electrons. The number of hydrogen-bond donors (Lipinski definition) is 2. The fraction of sp³-hybridized carbons (Fsp3) is 0.900. The van der Waals surface area contributed by atoms with Crippen molar-refractivity contribution in [3.63, 3.8) is 0 Å². The molecular formula is C20H35N3O4S. The van der Waals surface area contributed by atoms with Gasteiger partial charge < -0.3 is 15.5 Å². The minimum Gasteiger partial charge on any atom is -0.353 e. The summed E-state index contributed by atoms with van der Waals surface area (Å²) in [5.74, 6) is -0.238. The molecule has 0 spiro atoms. The van der Waals surface area contributed by atoms with Gasteiger partial charge in [0.1, 0.15) is 0 Å². The number of nitrogens with zero attached hydrogens (tertiary/aromatic N) is 1. The van der Waals surface area contributed by atoms with Crippen LogP contribution in [0.5, 0.6) is 0 Å². The molecule has 0 aromatic carbocycles. The SMILES string of the molecule is O=C(CCS(=O)(=O)C1CCCC1)NC1CCN(C(=O)NC2CCCCC2)CC1. The van der Waals surface area contributed by atoms with Crippen LogP contribution in [0.1, 0.15) is 77.0 Å². The Hall–Kier alpha value is -1.31. The van der Waals surface area contributed by atoms with Crippen LogP contribution in [0, 0.1) is 0 Å². The summed E-state index contributed by atoms with van der Waals surface area (Å²) in [5.41, 5.74) is 0. The van der Waals surface area contributed by atoms with Crippen LogP contribution in [0.25, 0.3) is 0 Å². The van der Waals surface area contributed by atoms with Crippen LogP contribution in [-0.4, -0.2) is 61.4 Å². The normalized spacial score (nSPS) is 22.9. The molecule has 7 nitrogen and oxygen atoms in total. The van der Waals surface area contributed by atoms with Gasteiger partial charge in [0, 0.05) is 31.6 Å². The topological polar surface area (TPSA) is 95.6 Å². The fourth-order valence-corrected chi connectivity index (χ4v) is 6.54. The number of piperidine rings is 1. The van der Waals surface area contributed by atoms with Gasteiger partial charge in [-0.3, -0.25) is 4.79 Å². The van der Waals surface area contributed by atoms with Crippen molar-refractivity contribution in [1.82, 2.24) is 15.5 Å². The monoisotopic (exact) mass is 413 g/mol. The second kappa shape index (κ2) is 9.94. The van der Waals surface area contributed by atoms with E-state index < -0.39 is 9.84 Å². The molecule has 8 heteroatoms. The molecule has 3 aliphatic rings. The molecule has 3 fully saturated rings. The van der Waals surface area contributed by atoms with Crippen LogP contribution in [0.3, 0.4) is 0 Å². The Morgan fingerprint density at radius 3 is 2.00 bits per heavy atom. The zero-order valence-corrected chi connectivity index (χ0v) is 17.6. The highest BCUT2D eigenvalue weighted by Gasteiger charge is 2.30. The first-order chi connectivity index (χ1) is 13.4. The van der Waals surface area contributed by atoms with Crippen molar-refractivity contribution in [2.45, 2.75) is 94.4 Å². The summed E-state index contributed by atoms with van der Waals surface area (Å²) in [6, 6.07) is 0.347. The van der Waals surface area contributed by atoms with Gasteiger partial charge in [0.25, 0.3) is 0 Å². The van der Waals surface area contributed by atoms with Crippen LogP contribution < -0.4 is 10.6 Å². The molecule has 1 aliphatic heterocycles. The van der Waals surface area contributed by atoms with Gasteiger partial charge in [-0.05, 0) is 38.5 Å². The smallest absolute Gasteiger partial charge is 0.317 e. The fourth-order valence-electron chi connectivity index (χ4n) is 4.69. The Labute approximate surface area is 168 Å². The third-order valence-corrected chi connectivity index (χ3v) is 8.76. The van der Waals surface area contributed by atoms with Gasteiger partial charge in [-0.2, -0.15) is 0 Å². The molecule has 0 aromatic rings. The number of likely N-dealkylation sites (tertiary alicyclic amines) is 1. The van der Waals surface area contributed by atoms with E-state index in [1.165, 1.54) is 19.3 Å². The molecule has 0 atom stereocenters. The summed E-state index contributed by atoms with van der Waals surface area (Å²) in [5, 5.41) is 5.86. The lowest BCUT2D eigenvalue weighted by atomic mass is 9.95. The number of amides is 3. The number of urea groups is 1. The number of nitrogens with one attached hydrogen (secondary N) is 2. The summed E-state index contributed by atoms with van der Waals surface area (Å²) >= 11 is 0. The van der Waals surface area contributed by atoms with Crippen molar-refractivity contribution in [2.75, 3.05) is 18.8 Å². The Bertz CT molecular complexity index is 632. The van der Waals surface area contributed by atoms with Gasteiger partial charge in [0.05, 0.1) is 11.0 Å². The van der Waals surface area contributed by atoms with Gasteiger partial charge in [-0.1, -0.05) is 32.1 Å². The average molecular weight is 414 g/mol. The van der Waals surface area contributed by atoms with E-state index in [2.05, 4.69) is 10.6 Å². The molecule has 0 aromatic heterocycles. The highest BCUT2D eigenvalue weighted by molar-refractivity contribution is 7.92. The maximum atomic E-state index is 12.4. The van der Waals surface area contributed by atoms with Crippen LogP contribution in [0.2, 0.25) is 0 Å². The van der Waals surface area contributed by atoms with Crippen LogP contribution in [0.4, 0.5) is 4.79 Å². The third kappa shape index (κ3) is 6.09. The number of hydrogen-bond acceptors (Lipinski definition) is 4. The van der Waals surface area contributed by atoms with Crippen LogP contribution in [-0.2, 0) is 14.6 Å². The van der Waals surface area contributed by atoms with E-state index in [0.29, 0.717) is 19.1 Å². The molecule has 0 unspecified atom stereocenters. The second-order valence-electron chi connectivity index (χ2n) is 8.64. The molecule has 1 saturated heterocycles. The van der Waals surface area contributed by atoms with Crippen molar-refractivity contribution in [2.24, 2.45) is 0 Å². The second-order valence-corrected chi connectivity index (χ2v) is 11.0. The molecule has 2 N–H and O–H groups in total. The minimum absolute atomic E-state index is 0.0133. The Morgan fingerprint density at radius 1 is 0.786 bits per heavy atom. The summed E-state index contributed by atoms with van der Waals surface area (Å²) in [6.45, 7) is 1.26. The first-order valence-corrected chi connectivity index (χ1v) is 12.7. The Balaban J connectivity index is 1.34. The van der Waals surface area contributed by atoms with Gasteiger partial charge in [-0.15, -0.1) is 0 Å². The van der Waals surface area contributed by atoms with Gasteiger partial charge in [0.2, 0.25) is 5.91 Å². The number of rotatable bonds is 6. The van der Waals surface area contributed by atoms with Gasteiger partial charge >= 0.3 is 6.03 Å². The molecule has 0 bridgehead atoms. The van der Waals surface area contributed by atoms with Crippen molar-refractivity contribution in [3.8, 4) is 0 Å². The summed E-state index contributed by atoms with van der Waals surface area (Å²) in [7, 11) is -3.15. The molecule has 160 valence electrons. The average Bonchev–Trinajstić information content (AvgIpc) is 3.24. The zero-order chi connectivity index (χ0) is 20.0. The Morgan fingerprint density at radius 2 is 1.36 bits per heavy atom. The Kier molecular flexibility index (Phi) is 7.60. The van der Waals surface area contributed by atoms with Gasteiger partial charge in [-0.25, -0.2) is 13.2 Å². The molecule has 1 heterocycles. The summed E-state index contributed by atoms with van der Waals surface area (Å²) in [4.78, 5) is 26.4. The van der Waals surface area contributed by atoms with E-state index in [1.807, 2.05) is 4.90 Å². The number of carbonyl (C=O) groups excluding carboxylic acids is 2. The van der Waals surface area contributed by atoms with E-state index >= 15 is 0 Å². The predicted molar refractivity (Wildman–Crippen MR) is 109 cm³/mol. The predicted octanol–water partition coefficient (Wildman–Crippen LogP) is 2.36. The summed E-state index contributed by atoms with van der Waals surface area (Å²) in [6.07, 6.45) is 10.7. The van der Waals surface area contributed by atoms with Crippen molar-refractivity contribution in [3.05, 3.63) is 0 Å². The molecule has 28 heavy (non-hydrogen) atoms. The van der Waals surface area contributed by atoms with Gasteiger partial charge in [0.15, 0.2) is 9.84 Å². The molecular weight excluding hydrogens is 378 g/mol. The van der Waals surface area contributed by atoms with Crippen molar-refractivity contribution >= 4 is 21.8 Å². The largest absolute Gasteiger partial charge is 0.353 e.